The molecular formula is C25H30FN7O2. The van der Waals surface area contributed by atoms with Crippen molar-refractivity contribution in [1.82, 2.24) is 20.6 Å². The second-order valence-corrected chi connectivity index (χ2v) is 9.51. The summed E-state index contributed by atoms with van der Waals surface area (Å²) < 4.78 is 14.2. The van der Waals surface area contributed by atoms with E-state index in [-0.39, 0.29) is 41.2 Å². The Bertz CT molecular complexity index is 1140. The summed E-state index contributed by atoms with van der Waals surface area (Å²) in [6, 6.07) is 4.96. The molecule has 2 saturated carbocycles. The average Bonchev–Trinajstić information content (AvgIpc) is 3.64. The van der Waals surface area contributed by atoms with Crippen molar-refractivity contribution < 1.29 is 14.0 Å². The van der Waals surface area contributed by atoms with Crippen LogP contribution in [0.5, 0.6) is 0 Å². The Kier molecular flexibility index (Phi) is 7.44. The molecule has 10 heteroatoms. The van der Waals surface area contributed by atoms with Crippen molar-refractivity contribution in [3.63, 3.8) is 0 Å². The summed E-state index contributed by atoms with van der Waals surface area (Å²) in [5.74, 6) is -0.519. The molecule has 0 aliphatic heterocycles. The summed E-state index contributed by atoms with van der Waals surface area (Å²) in [6.45, 7) is 3.90. The van der Waals surface area contributed by atoms with Crippen LogP contribution in [0, 0.1) is 23.1 Å². The molecule has 0 atom stereocenters. The fourth-order valence-electron chi connectivity index (χ4n) is 4.16. The maximum atomic E-state index is 14.2. The molecule has 4 N–H and O–H groups in total. The molecule has 0 bridgehead atoms. The van der Waals surface area contributed by atoms with Crippen LogP contribution in [-0.2, 0) is 4.79 Å². The quantitative estimate of drug-likeness (QED) is 0.455. The number of rotatable bonds is 8. The lowest BCUT2D eigenvalue weighted by Gasteiger charge is -2.28. The van der Waals surface area contributed by atoms with Gasteiger partial charge in [-0.2, -0.15) is 5.26 Å². The fraction of sp³-hybridized carbons (Fsp3) is 0.480. The zero-order chi connectivity index (χ0) is 24.9. The van der Waals surface area contributed by atoms with Crippen LogP contribution in [0.25, 0.3) is 0 Å². The molecule has 184 valence electrons. The predicted octanol–water partition coefficient (Wildman–Crippen LogP) is 3.62. The summed E-state index contributed by atoms with van der Waals surface area (Å²) in [5, 5.41) is 21.1. The number of anilines is 3. The number of amides is 2. The monoisotopic (exact) mass is 479 g/mol. The highest BCUT2D eigenvalue weighted by atomic mass is 19.1. The first-order chi connectivity index (χ1) is 16.8. The third kappa shape index (κ3) is 6.44. The van der Waals surface area contributed by atoms with E-state index in [1.165, 1.54) is 12.4 Å². The van der Waals surface area contributed by atoms with Gasteiger partial charge in [-0.15, -0.1) is 0 Å². The molecule has 2 amide bonds. The maximum absolute atomic E-state index is 14.2. The van der Waals surface area contributed by atoms with Gasteiger partial charge in [0.1, 0.15) is 11.9 Å². The highest BCUT2D eigenvalue weighted by Crippen LogP contribution is 2.28. The smallest absolute Gasteiger partial charge is 0.255 e. The van der Waals surface area contributed by atoms with Gasteiger partial charge in [-0.1, -0.05) is 0 Å². The first kappa shape index (κ1) is 24.4. The number of nitrogens with zero attached hydrogens (tertiary/aromatic N) is 3. The van der Waals surface area contributed by atoms with Gasteiger partial charge >= 0.3 is 0 Å². The summed E-state index contributed by atoms with van der Waals surface area (Å²) >= 11 is 0. The van der Waals surface area contributed by atoms with E-state index in [1.807, 2.05) is 19.9 Å². The van der Waals surface area contributed by atoms with Crippen LogP contribution in [0.3, 0.4) is 0 Å². The van der Waals surface area contributed by atoms with Crippen molar-refractivity contribution in [2.75, 3.05) is 10.6 Å². The summed E-state index contributed by atoms with van der Waals surface area (Å²) in [7, 11) is 0. The number of nitriles is 1. The second kappa shape index (κ2) is 10.7. The van der Waals surface area contributed by atoms with Crippen LogP contribution in [0.15, 0.2) is 24.5 Å². The molecule has 0 radical (unpaired) electrons. The Morgan fingerprint density at radius 1 is 1.03 bits per heavy atom. The van der Waals surface area contributed by atoms with Crippen molar-refractivity contribution in [3.8, 4) is 6.07 Å². The Hall–Kier alpha value is -3.74. The van der Waals surface area contributed by atoms with E-state index in [9.17, 15) is 14.0 Å². The highest BCUT2D eigenvalue weighted by Gasteiger charge is 2.31. The number of hydrogen-bond donors (Lipinski definition) is 4. The van der Waals surface area contributed by atoms with Crippen molar-refractivity contribution in [2.24, 2.45) is 5.92 Å². The van der Waals surface area contributed by atoms with E-state index < -0.39 is 5.82 Å². The molecule has 2 aliphatic carbocycles. The lowest BCUT2D eigenvalue weighted by atomic mass is 9.85. The minimum atomic E-state index is -0.674. The van der Waals surface area contributed by atoms with Crippen LogP contribution in [0.4, 0.5) is 21.7 Å². The molecule has 35 heavy (non-hydrogen) atoms. The summed E-state index contributed by atoms with van der Waals surface area (Å²) in [4.78, 5) is 33.6. The standard InChI is InChI=1S/C25H30FN7O2/c1-14(2)30-21-10-22(33-23-20(26)9-15(11-27)12-29-23)28-13-19(21)25(35)32-17-5-3-16(4-6-17)24(34)31-18-7-8-18/h9-10,12-14,16-18H,3-8H2,1-2H3,(H,31,34)(H,32,35)(H2,28,29,30,33)/t16-,17-. The second-order valence-electron chi connectivity index (χ2n) is 9.51. The first-order valence-corrected chi connectivity index (χ1v) is 12.0. The maximum Gasteiger partial charge on any atom is 0.255 e. The van der Waals surface area contributed by atoms with Gasteiger partial charge < -0.3 is 21.3 Å². The van der Waals surface area contributed by atoms with E-state index >= 15 is 0 Å². The van der Waals surface area contributed by atoms with E-state index in [0.29, 0.717) is 23.1 Å². The number of carbonyl (C=O) groups excluding carboxylic acids is 2. The highest BCUT2D eigenvalue weighted by molar-refractivity contribution is 6.00. The minimum absolute atomic E-state index is 0.00544. The molecule has 4 rings (SSSR count). The van der Waals surface area contributed by atoms with E-state index in [2.05, 4.69) is 31.2 Å². The van der Waals surface area contributed by atoms with Gasteiger partial charge in [0.25, 0.3) is 5.91 Å². The van der Waals surface area contributed by atoms with Crippen LogP contribution < -0.4 is 21.3 Å². The topological polar surface area (TPSA) is 132 Å². The molecular weight excluding hydrogens is 449 g/mol. The lowest BCUT2D eigenvalue weighted by Crippen LogP contribution is -2.41. The fourth-order valence-corrected chi connectivity index (χ4v) is 4.16. The van der Waals surface area contributed by atoms with Crippen molar-refractivity contribution in [2.45, 2.75) is 70.5 Å². The van der Waals surface area contributed by atoms with E-state index in [0.717, 1.165) is 44.6 Å². The van der Waals surface area contributed by atoms with Crippen LogP contribution >= 0.6 is 0 Å². The number of halogens is 1. The predicted molar refractivity (Wildman–Crippen MR) is 130 cm³/mol. The Morgan fingerprint density at radius 3 is 2.34 bits per heavy atom. The van der Waals surface area contributed by atoms with Crippen molar-refractivity contribution in [3.05, 3.63) is 41.5 Å². The van der Waals surface area contributed by atoms with Gasteiger partial charge in [0, 0.05) is 42.5 Å². The largest absolute Gasteiger partial charge is 0.382 e. The minimum Gasteiger partial charge on any atom is -0.382 e. The number of pyridine rings is 2. The average molecular weight is 480 g/mol. The van der Waals surface area contributed by atoms with Gasteiger partial charge in [-0.05, 0) is 58.4 Å². The molecule has 0 unspecified atom stereocenters. The van der Waals surface area contributed by atoms with Crippen molar-refractivity contribution >= 4 is 29.1 Å². The normalized spacial score (nSPS) is 19.5. The first-order valence-electron chi connectivity index (χ1n) is 12.0. The van der Waals surface area contributed by atoms with Crippen molar-refractivity contribution in [1.29, 1.82) is 5.26 Å². The van der Waals surface area contributed by atoms with Gasteiger partial charge in [0.15, 0.2) is 11.6 Å². The lowest BCUT2D eigenvalue weighted by molar-refractivity contribution is -0.126. The molecule has 0 aromatic carbocycles. The zero-order valence-corrected chi connectivity index (χ0v) is 19.9. The molecule has 2 aromatic heterocycles. The molecule has 0 spiro atoms. The van der Waals surface area contributed by atoms with Gasteiger partial charge in [0.05, 0.1) is 16.8 Å². The molecule has 2 aliphatic rings. The number of aromatic nitrogens is 2. The molecule has 0 saturated heterocycles. The summed E-state index contributed by atoms with van der Waals surface area (Å²) in [5.41, 5.74) is 1.06. The molecule has 2 fully saturated rings. The van der Waals surface area contributed by atoms with Crippen LogP contribution in [0.1, 0.15) is 68.3 Å². The Labute approximate surface area is 203 Å². The molecule has 2 aromatic rings. The Morgan fingerprint density at radius 2 is 1.71 bits per heavy atom. The van der Waals surface area contributed by atoms with Gasteiger partial charge in [-0.25, -0.2) is 14.4 Å². The van der Waals surface area contributed by atoms with Gasteiger partial charge in [-0.3, -0.25) is 9.59 Å². The zero-order valence-electron chi connectivity index (χ0n) is 19.9. The van der Waals surface area contributed by atoms with E-state index in [1.54, 1.807) is 6.07 Å². The third-order valence-electron chi connectivity index (χ3n) is 6.17. The van der Waals surface area contributed by atoms with Crippen LogP contribution in [0.2, 0.25) is 0 Å². The number of hydrogen-bond acceptors (Lipinski definition) is 7. The third-order valence-corrected chi connectivity index (χ3v) is 6.17. The SMILES string of the molecule is CC(C)Nc1cc(Nc2ncc(C#N)cc2F)ncc1C(=O)N[C@H]1CC[C@H](C(=O)NC2CC2)CC1. The Balaban J connectivity index is 1.41. The number of nitrogens with one attached hydrogen (secondary N) is 4. The van der Waals surface area contributed by atoms with Gasteiger partial charge in [0.2, 0.25) is 5.91 Å². The molecule has 9 nitrogen and oxygen atoms in total. The van der Waals surface area contributed by atoms with E-state index in [4.69, 9.17) is 5.26 Å². The van der Waals surface area contributed by atoms with Crippen LogP contribution in [-0.4, -0.2) is 39.9 Å². The number of carbonyl (C=O) groups is 2. The molecule has 2 heterocycles. The summed E-state index contributed by atoms with van der Waals surface area (Å²) in [6.07, 6.45) is 7.87.